The summed E-state index contributed by atoms with van der Waals surface area (Å²) in [4.78, 5) is 21.2. The summed E-state index contributed by atoms with van der Waals surface area (Å²) in [6.07, 6.45) is 1.71. The Bertz CT molecular complexity index is 1230. The predicted molar refractivity (Wildman–Crippen MR) is 113 cm³/mol. The molecule has 0 radical (unpaired) electrons. The molecule has 4 rings (SSSR count). The molecule has 2 heterocycles. The van der Waals surface area contributed by atoms with Gasteiger partial charge in [0.15, 0.2) is 0 Å². The molecular weight excluding hydrogens is 397 g/mol. The highest BCUT2D eigenvalue weighted by Crippen LogP contribution is 2.22. The number of benzene rings is 2. The van der Waals surface area contributed by atoms with Crippen molar-refractivity contribution in [3.05, 3.63) is 77.0 Å². The molecule has 2 aromatic heterocycles. The Morgan fingerprint density at radius 1 is 1.06 bits per heavy atom. The van der Waals surface area contributed by atoms with Gasteiger partial charge in [0.2, 0.25) is 11.7 Å². The second-order valence-electron chi connectivity index (χ2n) is 7.43. The van der Waals surface area contributed by atoms with Crippen LogP contribution in [0.2, 0.25) is 0 Å². The van der Waals surface area contributed by atoms with Crippen molar-refractivity contribution in [2.24, 2.45) is 0 Å². The molecule has 31 heavy (non-hydrogen) atoms. The Labute approximate surface area is 178 Å². The number of halogens is 1. The van der Waals surface area contributed by atoms with Crippen LogP contribution in [0, 0.1) is 26.6 Å². The van der Waals surface area contributed by atoms with Gasteiger partial charge >= 0.3 is 0 Å². The first-order valence-corrected chi connectivity index (χ1v) is 9.85. The van der Waals surface area contributed by atoms with Crippen molar-refractivity contribution in [3.8, 4) is 23.0 Å². The zero-order chi connectivity index (χ0) is 22.0. The van der Waals surface area contributed by atoms with E-state index in [-0.39, 0.29) is 24.2 Å². The number of carbonyl (C=O) groups excluding carboxylic acids is 1. The zero-order valence-electron chi connectivity index (χ0n) is 17.5. The molecule has 4 aromatic rings. The lowest BCUT2D eigenvalue weighted by Crippen LogP contribution is -2.27. The third kappa shape index (κ3) is 4.69. The maximum absolute atomic E-state index is 13.1. The van der Waals surface area contributed by atoms with Crippen molar-refractivity contribution < 1.29 is 13.7 Å². The molecule has 1 N–H and O–H groups in total. The molecule has 0 unspecified atom stereocenters. The molecule has 8 heteroatoms. The average molecular weight is 419 g/mol. The van der Waals surface area contributed by atoms with Crippen molar-refractivity contribution in [2.45, 2.75) is 33.9 Å². The minimum Gasteiger partial charge on any atom is -0.350 e. The molecule has 1 amide bonds. The molecule has 0 aliphatic carbocycles. The smallest absolute Gasteiger partial charge is 0.258 e. The molecule has 0 aliphatic heterocycles. The lowest BCUT2D eigenvalue weighted by atomic mass is 10.1. The van der Waals surface area contributed by atoms with Gasteiger partial charge in [-0.3, -0.25) is 4.79 Å². The molecule has 158 valence electrons. The van der Waals surface area contributed by atoms with Crippen LogP contribution in [0.15, 0.2) is 53.2 Å². The summed E-state index contributed by atoms with van der Waals surface area (Å²) < 4.78 is 20.1. The van der Waals surface area contributed by atoms with E-state index in [9.17, 15) is 9.18 Å². The van der Waals surface area contributed by atoms with Gasteiger partial charge in [-0.1, -0.05) is 23.4 Å². The van der Waals surface area contributed by atoms with E-state index < -0.39 is 0 Å². The largest absolute Gasteiger partial charge is 0.350 e. The fourth-order valence-corrected chi connectivity index (χ4v) is 3.14. The second-order valence-corrected chi connectivity index (χ2v) is 7.43. The first-order chi connectivity index (χ1) is 14.9. The number of aromatic nitrogens is 4. The van der Waals surface area contributed by atoms with Crippen molar-refractivity contribution >= 4 is 5.91 Å². The third-order valence-electron chi connectivity index (χ3n) is 5.10. The Morgan fingerprint density at radius 2 is 1.84 bits per heavy atom. The summed E-state index contributed by atoms with van der Waals surface area (Å²) in [6, 6.07) is 11.9. The third-order valence-corrected chi connectivity index (χ3v) is 5.10. The van der Waals surface area contributed by atoms with Crippen LogP contribution in [-0.2, 0) is 17.9 Å². The van der Waals surface area contributed by atoms with Crippen LogP contribution in [0.1, 0.15) is 22.5 Å². The quantitative estimate of drug-likeness (QED) is 0.511. The number of hydrogen-bond donors (Lipinski definition) is 1. The molecule has 0 bridgehead atoms. The topological polar surface area (TPSA) is 85.8 Å². The van der Waals surface area contributed by atoms with Gasteiger partial charge in [-0.25, -0.2) is 9.37 Å². The van der Waals surface area contributed by atoms with Crippen molar-refractivity contribution in [3.63, 3.8) is 0 Å². The van der Waals surface area contributed by atoms with Crippen LogP contribution < -0.4 is 5.32 Å². The SMILES string of the molecule is Cc1ccc(CNC(=O)Cn2cc(-c3noc(-c4ccc(F)cc4)n3)nc2C)cc1C. The van der Waals surface area contributed by atoms with Gasteiger partial charge in [0, 0.05) is 18.3 Å². The predicted octanol–water partition coefficient (Wildman–Crippen LogP) is 3.98. The Balaban J connectivity index is 1.42. The average Bonchev–Trinajstić information content (AvgIpc) is 3.37. The maximum atomic E-state index is 13.1. The number of nitrogens with zero attached hydrogens (tertiary/aromatic N) is 4. The van der Waals surface area contributed by atoms with Crippen LogP contribution in [0.5, 0.6) is 0 Å². The molecule has 2 aromatic carbocycles. The molecule has 0 saturated heterocycles. The summed E-state index contributed by atoms with van der Waals surface area (Å²) in [5, 5.41) is 6.89. The van der Waals surface area contributed by atoms with E-state index in [0.29, 0.717) is 29.5 Å². The van der Waals surface area contributed by atoms with Gasteiger partial charge in [-0.2, -0.15) is 4.98 Å². The second kappa shape index (κ2) is 8.51. The fraction of sp³-hybridized carbons (Fsp3) is 0.217. The number of carbonyl (C=O) groups is 1. The van der Waals surface area contributed by atoms with E-state index in [4.69, 9.17) is 4.52 Å². The number of amides is 1. The normalized spacial score (nSPS) is 11.0. The van der Waals surface area contributed by atoms with E-state index in [1.807, 2.05) is 12.1 Å². The standard InChI is InChI=1S/C23H22FN5O2/c1-14-4-5-17(10-15(14)2)11-25-21(30)13-29-12-20(26-16(29)3)22-27-23(31-28-22)18-6-8-19(24)9-7-18/h4-10,12H,11,13H2,1-3H3,(H,25,30). The summed E-state index contributed by atoms with van der Waals surface area (Å²) in [6.45, 7) is 6.51. The van der Waals surface area contributed by atoms with Gasteiger partial charge in [0.05, 0.1) is 0 Å². The lowest BCUT2D eigenvalue weighted by molar-refractivity contribution is -0.121. The summed E-state index contributed by atoms with van der Waals surface area (Å²) in [5.74, 6) is 0.772. The van der Waals surface area contributed by atoms with Crippen LogP contribution in [0.25, 0.3) is 23.0 Å². The number of imidazole rings is 1. The number of rotatable bonds is 6. The molecule has 0 aliphatic rings. The molecule has 0 atom stereocenters. The van der Waals surface area contributed by atoms with Gasteiger partial charge in [-0.15, -0.1) is 0 Å². The van der Waals surface area contributed by atoms with E-state index in [1.54, 1.807) is 29.8 Å². The molecule has 0 spiro atoms. The fourth-order valence-electron chi connectivity index (χ4n) is 3.14. The van der Waals surface area contributed by atoms with E-state index >= 15 is 0 Å². The number of hydrogen-bond acceptors (Lipinski definition) is 5. The van der Waals surface area contributed by atoms with E-state index in [0.717, 1.165) is 5.56 Å². The molecule has 7 nitrogen and oxygen atoms in total. The summed E-state index contributed by atoms with van der Waals surface area (Å²) >= 11 is 0. The van der Waals surface area contributed by atoms with Crippen LogP contribution in [0.3, 0.4) is 0 Å². The van der Waals surface area contributed by atoms with Gasteiger partial charge < -0.3 is 14.4 Å². The van der Waals surface area contributed by atoms with Crippen LogP contribution in [0.4, 0.5) is 4.39 Å². The highest BCUT2D eigenvalue weighted by molar-refractivity contribution is 5.76. The van der Waals surface area contributed by atoms with Gasteiger partial charge in [0.1, 0.15) is 23.9 Å². The van der Waals surface area contributed by atoms with Crippen LogP contribution in [-0.4, -0.2) is 25.6 Å². The molecule has 0 saturated carbocycles. The first-order valence-electron chi connectivity index (χ1n) is 9.85. The Kier molecular flexibility index (Phi) is 5.62. The minimum absolute atomic E-state index is 0.120. The Morgan fingerprint density at radius 3 is 2.58 bits per heavy atom. The van der Waals surface area contributed by atoms with Crippen LogP contribution >= 0.6 is 0 Å². The van der Waals surface area contributed by atoms with Crippen molar-refractivity contribution in [1.29, 1.82) is 0 Å². The summed E-state index contributed by atoms with van der Waals surface area (Å²) in [5.41, 5.74) is 4.58. The maximum Gasteiger partial charge on any atom is 0.258 e. The van der Waals surface area contributed by atoms with Crippen molar-refractivity contribution in [2.75, 3.05) is 0 Å². The molecule has 0 fully saturated rings. The van der Waals surface area contributed by atoms with Gasteiger partial charge in [-0.05, 0) is 61.7 Å². The van der Waals surface area contributed by atoms with Gasteiger partial charge in [0.25, 0.3) is 5.89 Å². The highest BCUT2D eigenvalue weighted by Gasteiger charge is 2.16. The number of nitrogens with one attached hydrogen (secondary N) is 1. The Hall–Kier alpha value is -3.81. The first kappa shape index (κ1) is 20.5. The zero-order valence-corrected chi connectivity index (χ0v) is 17.5. The van der Waals surface area contributed by atoms with E-state index in [1.165, 1.54) is 23.3 Å². The monoisotopic (exact) mass is 419 g/mol. The number of aryl methyl sites for hydroxylation is 3. The van der Waals surface area contributed by atoms with Crippen molar-refractivity contribution in [1.82, 2.24) is 25.0 Å². The lowest BCUT2D eigenvalue weighted by Gasteiger charge is -2.08. The minimum atomic E-state index is -0.339. The highest BCUT2D eigenvalue weighted by atomic mass is 19.1. The van der Waals surface area contributed by atoms with E-state index in [2.05, 4.69) is 40.4 Å². The summed E-state index contributed by atoms with van der Waals surface area (Å²) in [7, 11) is 0. The molecular formula is C23H22FN5O2.